The lowest BCUT2D eigenvalue weighted by atomic mass is 10.2. The first-order valence-electron chi connectivity index (χ1n) is 4.04. The Balaban J connectivity index is 2.49. The third-order valence-electron chi connectivity index (χ3n) is 1.68. The average molecular weight is 183 g/mol. The maximum Gasteiger partial charge on any atom is 0.216 e. The van der Waals surface area contributed by atoms with Crippen molar-refractivity contribution in [2.75, 3.05) is 13.7 Å². The summed E-state index contributed by atoms with van der Waals surface area (Å²) < 4.78 is 10.3. The minimum Gasteiger partial charge on any atom is -0.467 e. The molecule has 1 amide bonds. The van der Waals surface area contributed by atoms with Crippen LogP contribution in [0, 0.1) is 0 Å². The van der Waals surface area contributed by atoms with Crippen LogP contribution in [-0.4, -0.2) is 19.6 Å². The van der Waals surface area contributed by atoms with Crippen LogP contribution in [-0.2, 0) is 9.53 Å². The molecular weight excluding hydrogens is 170 g/mol. The van der Waals surface area contributed by atoms with Crippen LogP contribution in [0.5, 0.6) is 0 Å². The Morgan fingerprint density at radius 2 is 2.54 bits per heavy atom. The van der Waals surface area contributed by atoms with Crippen LogP contribution < -0.4 is 5.32 Å². The van der Waals surface area contributed by atoms with Gasteiger partial charge in [-0.2, -0.15) is 0 Å². The maximum atomic E-state index is 10.6. The molecule has 0 aliphatic rings. The van der Waals surface area contributed by atoms with E-state index in [1.54, 1.807) is 19.4 Å². The fourth-order valence-electron chi connectivity index (χ4n) is 1.01. The van der Waals surface area contributed by atoms with Crippen LogP contribution in [0.3, 0.4) is 0 Å². The van der Waals surface area contributed by atoms with Gasteiger partial charge in [0.1, 0.15) is 11.9 Å². The highest BCUT2D eigenvalue weighted by Gasteiger charge is 2.12. The Bertz CT molecular complexity index is 256. The number of methoxy groups -OCH3 is 1. The molecule has 72 valence electrons. The quantitative estimate of drug-likeness (QED) is 0.760. The summed E-state index contributed by atoms with van der Waals surface area (Å²) in [5.74, 6) is 0.643. The normalized spacial score (nSPS) is 12.5. The van der Waals surface area contributed by atoms with Crippen LogP contribution in [0.15, 0.2) is 22.8 Å². The summed E-state index contributed by atoms with van der Waals surface area (Å²) in [4.78, 5) is 10.6. The lowest BCUT2D eigenvalue weighted by molar-refractivity contribution is -0.119. The predicted molar refractivity (Wildman–Crippen MR) is 47.1 cm³/mol. The minimum atomic E-state index is -0.209. The molecule has 0 fully saturated rings. The Morgan fingerprint density at radius 3 is 3.00 bits per heavy atom. The summed E-state index contributed by atoms with van der Waals surface area (Å²) in [6.07, 6.45) is 1.37. The van der Waals surface area contributed by atoms with Crippen LogP contribution in [0.25, 0.3) is 0 Å². The van der Waals surface area contributed by atoms with Crippen LogP contribution >= 0.6 is 0 Å². The Morgan fingerprint density at radius 1 is 1.77 bits per heavy atom. The van der Waals surface area contributed by atoms with Gasteiger partial charge in [0.15, 0.2) is 0 Å². The van der Waals surface area contributed by atoms with E-state index >= 15 is 0 Å². The second-order valence-electron chi connectivity index (χ2n) is 2.68. The Hall–Kier alpha value is -1.29. The second kappa shape index (κ2) is 4.67. The average Bonchev–Trinajstić information content (AvgIpc) is 2.58. The van der Waals surface area contributed by atoms with E-state index in [2.05, 4.69) is 5.32 Å². The lowest BCUT2D eigenvalue weighted by Gasteiger charge is -2.12. The molecule has 1 aromatic heterocycles. The van der Waals surface area contributed by atoms with E-state index in [1.165, 1.54) is 6.92 Å². The van der Waals surface area contributed by atoms with Crippen molar-refractivity contribution >= 4 is 5.91 Å². The van der Waals surface area contributed by atoms with E-state index < -0.39 is 0 Å². The van der Waals surface area contributed by atoms with Crippen molar-refractivity contribution < 1.29 is 13.9 Å². The number of furan rings is 1. The van der Waals surface area contributed by atoms with Crippen molar-refractivity contribution in [3.8, 4) is 0 Å². The Labute approximate surface area is 76.9 Å². The summed E-state index contributed by atoms with van der Waals surface area (Å²) in [6.45, 7) is 1.90. The molecule has 1 rings (SSSR count). The van der Waals surface area contributed by atoms with Gasteiger partial charge in [-0.05, 0) is 12.1 Å². The summed E-state index contributed by atoms with van der Waals surface area (Å²) in [5.41, 5.74) is 0. The van der Waals surface area contributed by atoms with E-state index in [1.807, 2.05) is 6.07 Å². The van der Waals surface area contributed by atoms with E-state index in [0.29, 0.717) is 6.54 Å². The molecule has 0 saturated carbocycles. The van der Waals surface area contributed by atoms with Crippen molar-refractivity contribution in [2.45, 2.75) is 13.0 Å². The highest BCUT2D eigenvalue weighted by Crippen LogP contribution is 2.15. The van der Waals surface area contributed by atoms with E-state index in [0.717, 1.165) is 5.76 Å². The first kappa shape index (κ1) is 9.80. The number of nitrogens with one attached hydrogen (secondary N) is 1. The topological polar surface area (TPSA) is 51.5 Å². The zero-order valence-electron chi connectivity index (χ0n) is 7.74. The summed E-state index contributed by atoms with van der Waals surface area (Å²) >= 11 is 0. The first-order chi connectivity index (χ1) is 6.24. The number of carbonyl (C=O) groups excluding carboxylic acids is 1. The van der Waals surface area contributed by atoms with Gasteiger partial charge in [0.2, 0.25) is 5.91 Å². The molecule has 0 bridgehead atoms. The lowest BCUT2D eigenvalue weighted by Crippen LogP contribution is -2.26. The van der Waals surface area contributed by atoms with Gasteiger partial charge in [-0.1, -0.05) is 0 Å². The first-order valence-corrected chi connectivity index (χ1v) is 4.04. The summed E-state index contributed by atoms with van der Waals surface area (Å²) in [6, 6.07) is 3.60. The molecule has 0 spiro atoms. The van der Waals surface area contributed by atoms with Gasteiger partial charge in [-0.15, -0.1) is 0 Å². The molecule has 13 heavy (non-hydrogen) atoms. The molecule has 4 nitrogen and oxygen atoms in total. The van der Waals surface area contributed by atoms with Gasteiger partial charge < -0.3 is 14.5 Å². The monoisotopic (exact) mass is 183 g/mol. The smallest absolute Gasteiger partial charge is 0.216 e. The zero-order chi connectivity index (χ0) is 9.68. The van der Waals surface area contributed by atoms with Crippen molar-refractivity contribution in [1.29, 1.82) is 0 Å². The molecular formula is C9H13NO3. The van der Waals surface area contributed by atoms with Gasteiger partial charge in [0, 0.05) is 14.0 Å². The van der Waals surface area contributed by atoms with Gasteiger partial charge in [0.25, 0.3) is 0 Å². The number of amides is 1. The molecule has 1 N–H and O–H groups in total. The zero-order valence-corrected chi connectivity index (χ0v) is 7.74. The van der Waals surface area contributed by atoms with Crippen molar-refractivity contribution in [3.63, 3.8) is 0 Å². The standard InChI is InChI=1S/C9H13NO3/c1-7(11)10-6-9(12-2)8-4-3-5-13-8/h3-5,9H,6H2,1-2H3,(H,10,11). The second-order valence-corrected chi connectivity index (χ2v) is 2.68. The SMILES string of the molecule is COC(CNC(C)=O)c1ccco1. The minimum absolute atomic E-state index is 0.0754. The van der Waals surface area contributed by atoms with E-state index in [-0.39, 0.29) is 12.0 Å². The van der Waals surface area contributed by atoms with Crippen LogP contribution in [0.4, 0.5) is 0 Å². The van der Waals surface area contributed by atoms with Crippen LogP contribution in [0.2, 0.25) is 0 Å². The van der Waals surface area contributed by atoms with Gasteiger partial charge in [-0.25, -0.2) is 0 Å². The van der Waals surface area contributed by atoms with Gasteiger partial charge in [-0.3, -0.25) is 4.79 Å². The van der Waals surface area contributed by atoms with E-state index in [4.69, 9.17) is 9.15 Å². The molecule has 0 aliphatic carbocycles. The summed E-state index contributed by atoms with van der Waals surface area (Å²) in [5, 5.41) is 2.66. The highest BCUT2D eigenvalue weighted by molar-refractivity contribution is 5.72. The van der Waals surface area contributed by atoms with Crippen molar-refractivity contribution in [2.24, 2.45) is 0 Å². The number of carbonyl (C=O) groups is 1. The Kier molecular flexibility index (Phi) is 3.52. The molecule has 1 aromatic rings. The van der Waals surface area contributed by atoms with Gasteiger partial charge in [0.05, 0.1) is 12.8 Å². The molecule has 1 unspecified atom stereocenters. The fourth-order valence-corrected chi connectivity index (χ4v) is 1.01. The largest absolute Gasteiger partial charge is 0.467 e. The third-order valence-corrected chi connectivity index (χ3v) is 1.68. The third kappa shape index (κ3) is 2.91. The summed E-state index contributed by atoms with van der Waals surface area (Å²) in [7, 11) is 1.58. The molecule has 0 aromatic carbocycles. The molecule has 4 heteroatoms. The molecule has 0 aliphatic heterocycles. The van der Waals surface area contributed by atoms with Gasteiger partial charge >= 0.3 is 0 Å². The number of hydrogen-bond acceptors (Lipinski definition) is 3. The maximum absolute atomic E-state index is 10.6. The number of ether oxygens (including phenoxy) is 1. The van der Waals surface area contributed by atoms with Crippen molar-refractivity contribution in [3.05, 3.63) is 24.2 Å². The molecule has 1 atom stereocenters. The number of rotatable bonds is 4. The van der Waals surface area contributed by atoms with Crippen LogP contribution in [0.1, 0.15) is 18.8 Å². The fraction of sp³-hybridized carbons (Fsp3) is 0.444. The van der Waals surface area contributed by atoms with Crippen molar-refractivity contribution in [1.82, 2.24) is 5.32 Å². The molecule has 0 radical (unpaired) electrons. The molecule has 1 heterocycles. The van der Waals surface area contributed by atoms with E-state index in [9.17, 15) is 4.79 Å². The highest BCUT2D eigenvalue weighted by atomic mass is 16.5. The number of hydrogen-bond donors (Lipinski definition) is 1. The molecule has 0 saturated heterocycles. The predicted octanol–water partition coefficient (Wildman–Crippen LogP) is 1.10.